The first-order chi connectivity index (χ1) is 9.40. The number of nitrogens with one attached hydrogen (secondary N) is 1. The Morgan fingerprint density at radius 2 is 1.95 bits per heavy atom. The maximum Gasteiger partial charge on any atom is 0.271 e. The van der Waals surface area contributed by atoms with Gasteiger partial charge in [-0.15, -0.1) is 0 Å². The lowest BCUT2D eigenvalue weighted by molar-refractivity contribution is -0.384. The number of carbonyl (C=O) groups excluding carboxylic acids is 1. The Morgan fingerprint density at radius 3 is 2.45 bits per heavy atom. The smallest absolute Gasteiger partial charge is 0.271 e. The maximum absolute atomic E-state index is 12.3. The second-order valence-electron chi connectivity index (χ2n) is 4.81. The molecule has 1 fully saturated rings. The summed E-state index contributed by atoms with van der Waals surface area (Å²) < 4.78 is 0. The van der Waals surface area contributed by atoms with Crippen LogP contribution >= 0.6 is 0 Å². The Morgan fingerprint density at radius 1 is 1.35 bits per heavy atom. The molecule has 0 aliphatic carbocycles. The zero-order chi connectivity index (χ0) is 14.9. The average Bonchev–Trinajstić information content (AvgIpc) is 2.66. The van der Waals surface area contributed by atoms with Gasteiger partial charge >= 0.3 is 0 Å². The van der Waals surface area contributed by atoms with Crippen molar-refractivity contribution in [2.24, 2.45) is 0 Å². The summed E-state index contributed by atoms with van der Waals surface area (Å²) in [5.41, 5.74) is 4.27. The van der Waals surface area contributed by atoms with Crippen molar-refractivity contribution in [3.05, 3.63) is 46.2 Å². The Balaban J connectivity index is 2.26. The highest BCUT2D eigenvalue weighted by Gasteiger charge is 2.33. The topological polar surface area (TPSA) is 78.7 Å². The minimum atomic E-state index is -0.469. The lowest BCUT2D eigenvalue weighted by atomic mass is 10.1. The summed E-state index contributed by atoms with van der Waals surface area (Å²) in [4.78, 5) is 24.3. The molecular formula is C13H16N4O3. The van der Waals surface area contributed by atoms with E-state index in [-0.39, 0.29) is 17.6 Å². The summed E-state index contributed by atoms with van der Waals surface area (Å²) >= 11 is 0. The molecule has 1 unspecified atom stereocenters. The molecule has 1 aliphatic heterocycles. The van der Waals surface area contributed by atoms with Crippen LogP contribution in [0.1, 0.15) is 6.92 Å². The zero-order valence-electron chi connectivity index (χ0n) is 11.5. The minimum Gasteiger partial charge on any atom is -0.383 e. The first kappa shape index (κ1) is 14.0. The molecule has 1 aromatic carbocycles. The quantitative estimate of drug-likeness (QED) is 0.511. The van der Waals surface area contributed by atoms with Gasteiger partial charge in [-0.3, -0.25) is 14.9 Å². The van der Waals surface area contributed by atoms with Crippen molar-refractivity contribution in [1.29, 1.82) is 0 Å². The lowest BCUT2D eigenvalue weighted by Crippen LogP contribution is -2.36. The Bertz CT molecular complexity index is 565. The van der Waals surface area contributed by atoms with Crippen molar-refractivity contribution < 1.29 is 9.72 Å². The van der Waals surface area contributed by atoms with E-state index >= 15 is 0 Å². The van der Waals surface area contributed by atoms with Crippen LogP contribution in [0.15, 0.2) is 36.0 Å². The van der Waals surface area contributed by atoms with Crippen molar-refractivity contribution in [1.82, 2.24) is 10.3 Å². The molecule has 0 bridgehead atoms. The Labute approximate surface area is 116 Å². The average molecular weight is 276 g/mol. The third-order valence-electron chi connectivity index (χ3n) is 2.96. The van der Waals surface area contributed by atoms with Gasteiger partial charge in [0.1, 0.15) is 0 Å². The van der Waals surface area contributed by atoms with E-state index in [1.807, 2.05) is 25.9 Å². The molecule has 106 valence electrons. The zero-order valence-corrected chi connectivity index (χ0v) is 11.5. The molecule has 1 atom stereocenters. The highest BCUT2D eigenvalue weighted by molar-refractivity contribution is 6.08. The van der Waals surface area contributed by atoms with Crippen LogP contribution in [0.2, 0.25) is 0 Å². The molecular weight excluding hydrogens is 260 g/mol. The number of rotatable bonds is 3. The van der Waals surface area contributed by atoms with Gasteiger partial charge in [0.05, 0.1) is 22.2 Å². The first-order valence-electron chi connectivity index (χ1n) is 6.13. The number of hydrogen-bond acceptors (Lipinski definition) is 5. The predicted octanol–water partition coefficient (Wildman–Crippen LogP) is 1.28. The molecule has 1 amide bonds. The molecule has 0 saturated carbocycles. The molecule has 1 aliphatic rings. The highest BCUT2D eigenvalue weighted by Crippen LogP contribution is 2.24. The van der Waals surface area contributed by atoms with Gasteiger partial charge in [0.15, 0.2) is 0 Å². The molecule has 7 nitrogen and oxygen atoms in total. The van der Waals surface area contributed by atoms with E-state index in [0.29, 0.717) is 11.3 Å². The summed E-state index contributed by atoms with van der Waals surface area (Å²) in [5.74, 6) is -0.153. The van der Waals surface area contributed by atoms with Crippen LogP contribution in [-0.4, -0.2) is 35.9 Å². The van der Waals surface area contributed by atoms with E-state index in [2.05, 4.69) is 5.43 Å². The van der Waals surface area contributed by atoms with Gasteiger partial charge in [-0.1, -0.05) is 0 Å². The number of amides is 1. The normalized spacial score (nSPS) is 20.6. The van der Waals surface area contributed by atoms with E-state index in [1.165, 1.54) is 17.1 Å². The van der Waals surface area contributed by atoms with E-state index in [9.17, 15) is 14.9 Å². The number of nitro groups is 1. The van der Waals surface area contributed by atoms with Crippen LogP contribution in [0.5, 0.6) is 0 Å². The van der Waals surface area contributed by atoms with Gasteiger partial charge in [0.2, 0.25) is 0 Å². The van der Waals surface area contributed by atoms with Crippen LogP contribution in [0.25, 0.3) is 0 Å². The van der Waals surface area contributed by atoms with Gasteiger partial charge in [-0.25, -0.2) is 10.4 Å². The molecule has 7 heteroatoms. The molecule has 1 N–H and O–H groups in total. The van der Waals surface area contributed by atoms with E-state index < -0.39 is 4.92 Å². The van der Waals surface area contributed by atoms with Gasteiger partial charge in [0.25, 0.3) is 11.6 Å². The number of nitrogens with zero attached hydrogens (tertiary/aromatic N) is 3. The van der Waals surface area contributed by atoms with Crippen molar-refractivity contribution in [3.8, 4) is 0 Å². The van der Waals surface area contributed by atoms with Gasteiger partial charge < -0.3 is 4.90 Å². The predicted molar refractivity (Wildman–Crippen MR) is 75.0 cm³/mol. The van der Waals surface area contributed by atoms with E-state index in [0.717, 1.165) is 0 Å². The third-order valence-corrected chi connectivity index (χ3v) is 2.96. The number of benzene rings is 1. The fourth-order valence-electron chi connectivity index (χ4n) is 2.00. The van der Waals surface area contributed by atoms with Crippen LogP contribution in [0, 0.1) is 10.1 Å². The van der Waals surface area contributed by atoms with Crippen molar-refractivity contribution >= 4 is 17.3 Å². The summed E-state index contributed by atoms with van der Waals surface area (Å²) in [6.45, 7) is 1.89. The van der Waals surface area contributed by atoms with E-state index in [4.69, 9.17) is 0 Å². The molecule has 1 saturated heterocycles. The third kappa shape index (κ3) is 2.62. The summed E-state index contributed by atoms with van der Waals surface area (Å²) in [7, 11) is 3.70. The molecule has 1 aromatic rings. The van der Waals surface area contributed by atoms with Crippen LogP contribution in [0.4, 0.5) is 11.4 Å². The molecule has 20 heavy (non-hydrogen) atoms. The van der Waals surface area contributed by atoms with Crippen LogP contribution < -0.4 is 10.4 Å². The molecule has 1 heterocycles. The standard InChI is InChI=1S/C13H16N4O3/c1-9-12(8-15(2)3)13(18)16(14-9)10-4-6-11(7-5-10)17(19)20/h4-9,14H,1-3H3. The van der Waals surface area contributed by atoms with Crippen molar-refractivity contribution in [2.75, 3.05) is 19.1 Å². The molecule has 0 spiro atoms. The Hall–Kier alpha value is -2.41. The first-order valence-corrected chi connectivity index (χ1v) is 6.13. The second kappa shape index (κ2) is 5.30. The minimum absolute atomic E-state index is 0.00231. The summed E-state index contributed by atoms with van der Waals surface area (Å²) in [5, 5.41) is 12.0. The monoisotopic (exact) mass is 276 g/mol. The number of non-ortho nitro benzene ring substituents is 1. The largest absolute Gasteiger partial charge is 0.383 e. The number of anilines is 1. The SMILES string of the molecule is CC1NN(c2ccc([N+](=O)[O-])cc2)C(=O)C1=CN(C)C. The molecule has 2 rings (SSSR count). The van der Waals surface area contributed by atoms with Gasteiger partial charge in [-0.2, -0.15) is 0 Å². The molecule has 0 radical (unpaired) electrons. The number of carbonyl (C=O) groups is 1. The second-order valence-corrected chi connectivity index (χ2v) is 4.81. The fourth-order valence-corrected chi connectivity index (χ4v) is 2.00. The number of hydrazine groups is 1. The summed E-state index contributed by atoms with van der Waals surface area (Å²) in [6.07, 6.45) is 1.77. The van der Waals surface area contributed by atoms with Crippen LogP contribution in [-0.2, 0) is 4.79 Å². The van der Waals surface area contributed by atoms with E-state index in [1.54, 1.807) is 18.3 Å². The Kier molecular flexibility index (Phi) is 3.71. The van der Waals surface area contributed by atoms with Crippen molar-refractivity contribution in [3.63, 3.8) is 0 Å². The number of hydrogen-bond donors (Lipinski definition) is 1. The maximum atomic E-state index is 12.3. The highest BCUT2D eigenvalue weighted by atomic mass is 16.6. The number of nitro benzene ring substituents is 1. The van der Waals surface area contributed by atoms with Crippen molar-refractivity contribution in [2.45, 2.75) is 13.0 Å². The van der Waals surface area contributed by atoms with Gasteiger partial charge in [0, 0.05) is 32.4 Å². The molecule has 0 aromatic heterocycles. The lowest BCUT2D eigenvalue weighted by Gasteiger charge is -2.15. The fraction of sp³-hybridized carbons (Fsp3) is 0.308. The van der Waals surface area contributed by atoms with Crippen LogP contribution in [0.3, 0.4) is 0 Å². The van der Waals surface area contributed by atoms with Gasteiger partial charge in [-0.05, 0) is 19.1 Å². The summed E-state index contributed by atoms with van der Waals surface area (Å²) in [6, 6.07) is 5.74.